The van der Waals surface area contributed by atoms with Crippen LogP contribution in [0.4, 0.5) is 0 Å². The van der Waals surface area contributed by atoms with Crippen LogP contribution < -0.4 is 14.2 Å². The number of carbonyl (C=O) groups is 1. The monoisotopic (exact) mass is 526 g/mol. The number of hydrogen-bond donors (Lipinski definition) is 5. The lowest BCUT2D eigenvalue weighted by atomic mass is 9.87. The van der Waals surface area contributed by atoms with Crippen molar-refractivity contribution in [2.24, 2.45) is 0 Å². The fourth-order valence-corrected chi connectivity index (χ4v) is 5.23. The van der Waals surface area contributed by atoms with Gasteiger partial charge in [0.1, 0.15) is 30.7 Å². The molecule has 3 heterocycles. The number of carbonyl (C=O) groups excluding carboxylic acids is 1. The third kappa shape index (κ3) is 3.78. The lowest BCUT2D eigenvalue weighted by Crippen LogP contribution is -2.58. The number of esters is 1. The maximum Gasteiger partial charge on any atom is 0.339 e. The number of ether oxygens (including phenoxy) is 5. The summed E-state index contributed by atoms with van der Waals surface area (Å²) in [5, 5.41) is 52.0. The second-order valence-electron chi connectivity index (χ2n) is 9.48. The minimum Gasteiger partial charge on any atom is -0.461 e. The molecule has 3 aliphatic rings. The van der Waals surface area contributed by atoms with Gasteiger partial charge in [0.15, 0.2) is 11.5 Å². The SMILES string of the molecule is C[C@H]1OC(Oc2c3c(c(-c4ccc5c(c4)OCO5)c4cc(CO)c(CO)cc24)C(=O)OC3)[C@H](O)[C@@H](O)[C@H]1O. The van der Waals surface area contributed by atoms with Gasteiger partial charge in [0.2, 0.25) is 13.1 Å². The average Bonchev–Trinajstić information content (AvgIpc) is 3.55. The first-order valence-electron chi connectivity index (χ1n) is 12.1. The van der Waals surface area contributed by atoms with E-state index in [4.69, 9.17) is 23.7 Å². The standard InChI is InChI=1S/C27H26O11/c1-11-22(30)23(31)24(32)27(37-11)38-25-16-5-14(8-29)13(7-28)4-15(16)20(21-17(25)9-34-26(21)33)12-2-3-18-19(6-12)36-10-35-18/h2-6,11,22-24,27-32H,7-10H2,1H3/t11-,22+,23+,24-,27?/m1/s1. The second-order valence-corrected chi connectivity index (χ2v) is 9.48. The van der Waals surface area contributed by atoms with Gasteiger partial charge in [0.25, 0.3) is 0 Å². The summed E-state index contributed by atoms with van der Waals surface area (Å²) < 4.78 is 28.2. The van der Waals surface area contributed by atoms with Crippen molar-refractivity contribution in [1.82, 2.24) is 0 Å². The van der Waals surface area contributed by atoms with E-state index in [1.54, 1.807) is 30.3 Å². The van der Waals surface area contributed by atoms with Crippen molar-refractivity contribution in [1.29, 1.82) is 0 Å². The van der Waals surface area contributed by atoms with E-state index >= 15 is 0 Å². The van der Waals surface area contributed by atoms with Gasteiger partial charge in [-0.3, -0.25) is 0 Å². The number of cyclic esters (lactones) is 1. The van der Waals surface area contributed by atoms with E-state index < -0.39 is 36.7 Å². The molecule has 3 aliphatic heterocycles. The highest BCUT2D eigenvalue weighted by molar-refractivity contribution is 6.13. The van der Waals surface area contributed by atoms with Crippen LogP contribution in [0.25, 0.3) is 21.9 Å². The van der Waals surface area contributed by atoms with Gasteiger partial charge in [-0.1, -0.05) is 6.07 Å². The molecule has 0 aliphatic carbocycles. The van der Waals surface area contributed by atoms with E-state index in [2.05, 4.69) is 0 Å². The predicted octanol–water partition coefficient (Wildman–Crippen LogP) is 1.10. The molecule has 5 atom stereocenters. The van der Waals surface area contributed by atoms with Crippen molar-refractivity contribution in [2.75, 3.05) is 6.79 Å². The third-order valence-electron chi connectivity index (χ3n) is 7.28. The highest BCUT2D eigenvalue weighted by atomic mass is 16.7. The lowest BCUT2D eigenvalue weighted by molar-refractivity contribution is -0.268. The summed E-state index contributed by atoms with van der Waals surface area (Å²) >= 11 is 0. The molecule has 38 heavy (non-hydrogen) atoms. The average molecular weight is 526 g/mol. The highest BCUT2D eigenvalue weighted by Gasteiger charge is 2.44. The Kier molecular flexibility index (Phi) is 6.14. The summed E-state index contributed by atoms with van der Waals surface area (Å²) in [5.41, 5.74) is 2.63. The molecule has 0 saturated carbocycles. The van der Waals surface area contributed by atoms with Crippen molar-refractivity contribution in [2.45, 2.75) is 57.5 Å². The second kappa shape index (κ2) is 9.38. The number of aliphatic hydroxyl groups excluding tert-OH is 5. The zero-order chi connectivity index (χ0) is 26.7. The van der Waals surface area contributed by atoms with Crippen LogP contribution in [0.5, 0.6) is 17.2 Å². The van der Waals surface area contributed by atoms with E-state index in [0.717, 1.165) is 0 Å². The van der Waals surface area contributed by atoms with Crippen LogP contribution in [0.15, 0.2) is 30.3 Å². The molecular weight excluding hydrogens is 500 g/mol. The minimum atomic E-state index is -1.59. The van der Waals surface area contributed by atoms with Crippen molar-refractivity contribution in [3.63, 3.8) is 0 Å². The number of rotatable bonds is 5. The van der Waals surface area contributed by atoms with Gasteiger partial charge < -0.3 is 49.2 Å². The molecule has 200 valence electrons. The van der Waals surface area contributed by atoms with Crippen LogP contribution in [-0.2, 0) is 29.3 Å². The molecule has 1 saturated heterocycles. The fraction of sp³-hybridized carbons (Fsp3) is 0.370. The van der Waals surface area contributed by atoms with Crippen LogP contribution in [-0.4, -0.2) is 69.0 Å². The topological polar surface area (TPSA) is 164 Å². The van der Waals surface area contributed by atoms with Gasteiger partial charge >= 0.3 is 5.97 Å². The molecule has 0 spiro atoms. The number of fused-ring (bicyclic) bond motifs is 3. The molecule has 5 N–H and O–H groups in total. The summed E-state index contributed by atoms with van der Waals surface area (Å²) in [5.74, 6) is 0.634. The Morgan fingerprint density at radius 1 is 0.868 bits per heavy atom. The maximum atomic E-state index is 13.1. The molecule has 1 unspecified atom stereocenters. The predicted molar refractivity (Wildman–Crippen MR) is 129 cm³/mol. The number of hydrogen-bond acceptors (Lipinski definition) is 11. The Balaban J connectivity index is 1.61. The first kappa shape index (κ1) is 24.9. The molecule has 0 bridgehead atoms. The summed E-state index contributed by atoms with van der Waals surface area (Å²) in [6, 6.07) is 8.56. The van der Waals surface area contributed by atoms with Crippen LogP contribution in [0, 0.1) is 0 Å². The molecule has 3 aromatic rings. The molecule has 0 amide bonds. The lowest BCUT2D eigenvalue weighted by Gasteiger charge is -2.39. The van der Waals surface area contributed by atoms with E-state index in [1.165, 1.54) is 6.92 Å². The molecule has 1 fully saturated rings. The van der Waals surface area contributed by atoms with Gasteiger partial charge in [-0.25, -0.2) is 4.79 Å². The maximum absolute atomic E-state index is 13.1. The molecule has 11 heteroatoms. The van der Waals surface area contributed by atoms with Crippen molar-refractivity contribution < 1.29 is 54.0 Å². The summed E-state index contributed by atoms with van der Waals surface area (Å²) in [6.45, 7) is 0.740. The molecular formula is C27H26O11. The van der Waals surface area contributed by atoms with Crippen molar-refractivity contribution >= 4 is 16.7 Å². The Bertz CT molecular complexity index is 1430. The minimum absolute atomic E-state index is 0.0731. The Labute approximate surface area is 216 Å². The van der Waals surface area contributed by atoms with Crippen LogP contribution in [0.1, 0.15) is 34.0 Å². The Morgan fingerprint density at radius 3 is 2.32 bits per heavy atom. The quantitative estimate of drug-likeness (QED) is 0.302. The van der Waals surface area contributed by atoms with Crippen LogP contribution in [0.2, 0.25) is 0 Å². The molecule has 11 nitrogen and oxygen atoms in total. The smallest absolute Gasteiger partial charge is 0.339 e. The van der Waals surface area contributed by atoms with Gasteiger partial charge in [-0.15, -0.1) is 0 Å². The van der Waals surface area contributed by atoms with Gasteiger partial charge in [0.05, 0.1) is 24.9 Å². The van der Waals surface area contributed by atoms with Crippen LogP contribution >= 0.6 is 0 Å². The Hall–Kier alpha value is -3.45. The van der Waals surface area contributed by atoms with E-state index in [-0.39, 0.29) is 37.9 Å². The third-order valence-corrected chi connectivity index (χ3v) is 7.28. The van der Waals surface area contributed by atoms with E-state index in [0.29, 0.717) is 50.1 Å². The normalized spacial score (nSPS) is 25.9. The van der Waals surface area contributed by atoms with Crippen molar-refractivity contribution in [3.05, 3.63) is 52.6 Å². The zero-order valence-electron chi connectivity index (χ0n) is 20.3. The molecule has 6 rings (SSSR count). The summed E-state index contributed by atoms with van der Waals surface area (Å²) in [4.78, 5) is 13.1. The number of aliphatic hydroxyl groups is 5. The number of benzene rings is 3. The molecule has 3 aromatic carbocycles. The van der Waals surface area contributed by atoms with Crippen molar-refractivity contribution in [3.8, 4) is 28.4 Å². The highest BCUT2D eigenvalue weighted by Crippen LogP contribution is 2.48. The zero-order valence-corrected chi connectivity index (χ0v) is 20.3. The first-order valence-corrected chi connectivity index (χ1v) is 12.1. The first-order chi connectivity index (χ1) is 18.3. The van der Waals surface area contributed by atoms with Gasteiger partial charge in [-0.2, -0.15) is 0 Å². The largest absolute Gasteiger partial charge is 0.461 e. The van der Waals surface area contributed by atoms with Gasteiger partial charge in [-0.05, 0) is 53.3 Å². The fourth-order valence-electron chi connectivity index (χ4n) is 5.23. The molecule has 0 radical (unpaired) electrons. The summed E-state index contributed by atoms with van der Waals surface area (Å²) in [6.07, 6.45) is -6.66. The van der Waals surface area contributed by atoms with Crippen LogP contribution in [0.3, 0.4) is 0 Å². The van der Waals surface area contributed by atoms with E-state index in [9.17, 15) is 30.3 Å². The van der Waals surface area contributed by atoms with E-state index in [1.807, 2.05) is 0 Å². The molecule has 0 aromatic heterocycles. The Morgan fingerprint density at radius 2 is 1.58 bits per heavy atom. The summed E-state index contributed by atoms with van der Waals surface area (Å²) in [7, 11) is 0. The van der Waals surface area contributed by atoms with Gasteiger partial charge in [0, 0.05) is 16.5 Å².